The molecule has 1 aliphatic rings. The molecule has 0 bridgehead atoms. The van der Waals surface area contributed by atoms with Crippen LogP contribution < -0.4 is 5.56 Å². The number of carbonyl (C=O) groups is 1. The fourth-order valence-corrected chi connectivity index (χ4v) is 3.36. The molecule has 0 radical (unpaired) electrons. The van der Waals surface area contributed by atoms with Crippen molar-refractivity contribution in [1.29, 1.82) is 0 Å². The van der Waals surface area contributed by atoms with E-state index in [4.69, 9.17) is 0 Å². The highest BCUT2D eigenvalue weighted by molar-refractivity contribution is 9.10. The van der Waals surface area contributed by atoms with Crippen molar-refractivity contribution in [3.05, 3.63) is 68.5 Å². The fourth-order valence-electron chi connectivity index (χ4n) is 3.00. The van der Waals surface area contributed by atoms with Gasteiger partial charge in [0.05, 0.1) is 17.6 Å². The standard InChI is InChI=1S/C17H16BrNO3/c1-17(2)15(21)12-9-10(18)6-7-11(12)14(16(17)22)19-8-4-3-5-13(19)20/h3-9,14,16,22H,1-2H3. The smallest absolute Gasteiger partial charge is 0.251 e. The Morgan fingerprint density at radius 3 is 2.59 bits per heavy atom. The summed E-state index contributed by atoms with van der Waals surface area (Å²) in [5, 5.41) is 10.8. The van der Waals surface area contributed by atoms with Crippen LogP contribution in [0.4, 0.5) is 0 Å². The SMILES string of the molecule is CC1(C)C(=O)c2cc(Br)ccc2C(n2ccccc2=O)C1O. The van der Waals surface area contributed by atoms with Crippen molar-refractivity contribution in [2.24, 2.45) is 5.41 Å². The van der Waals surface area contributed by atoms with Crippen molar-refractivity contribution >= 4 is 21.7 Å². The summed E-state index contributed by atoms with van der Waals surface area (Å²) >= 11 is 3.38. The van der Waals surface area contributed by atoms with Gasteiger partial charge in [-0.05, 0) is 37.6 Å². The van der Waals surface area contributed by atoms with E-state index in [0.29, 0.717) is 11.1 Å². The van der Waals surface area contributed by atoms with E-state index in [1.165, 1.54) is 10.6 Å². The Morgan fingerprint density at radius 1 is 1.18 bits per heavy atom. The van der Waals surface area contributed by atoms with Crippen LogP contribution in [0.15, 0.2) is 51.9 Å². The second kappa shape index (κ2) is 5.18. The minimum absolute atomic E-state index is 0.114. The van der Waals surface area contributed by atoms with Crippen LogP contribution in [0.1, 0.15) is 35.8 Å². The third kappa shape index (κ3) is 2.16. The van der Waals surface area contributed by atoms with Gasteiger partial charge in [-0.25, -0.2) is 0 Å². The highest BCUT2D eigenvalue weighted by Crippen LogP contribution is 2.43. The van der Waals surface area contributed by atoms with Gasteiger partial charge in [-0.2, -0.15) is 0 Å². The topological polar surface area (TPSA) is 59.3 Å². The van der Waals surface area contributed by atoms with E-state index in [-0.39, 0.29) is 11.3 Å². The number of Topliss-reactive ketones (excluding diaryl/α,β-unsaturated/α-hetero) is 1. The van der Waals surface area contributed by atoms with Gasteiger partial charge in [0.1, 0.15) is 0 Å². The summed E-state index contributed by atoms with van der Waals surface area (Å²) in [5.41, 5.74) is 0.0533. The van der Waals surface area contributed by atoms with Gasteiger partial charge in [0.2, 0.25) is 0 Å². The minimum atomic E-state index is -0.978. The molecule has 2 unspecified atom stereocenters. The Kier molecular flexibility index (Phi) is 3.57. The number of aromatic nitrogens is 1. The molecule has 1 N–H and O–H groups in total. The fraction of sp³-hybridized carbons (Fsp3) is 0.294. The molecule has 1 aromatic heterocycles. The van der Waals surface area contributed by atoms with Gasteiger partial charge in [-0.1, -0.05) is 28.1 Å². The van der Waals surface area contributed by atoms with Crippen LogP contribution in [0, 0.1) is 5.41 Å². The van der Waals surface area contributed by atoms with Crippen LogP contribution in [0.5, 0.6) is 0 Å². The predicted molar refractivity (Wildman–Crippen MR) is 87.1 cm³/mol. The van der Waals surface area contributed by atoms with Gasteiger partial charge >= 0.3 is 0 Å². The molecule has 0 aliphatic heterocycles. The second-order valence-electron chi connectivity index (χ2n) is 6.12. The first-order valence-electron chi connectivity index (χ1n) is 7.03. The Balaban J connectivity index is 2.31. The third-order valence-corrected chi connectivity index (χ3v) is 4.85. The van der Waals surface area contributed by atoms with Gasteiger partial charge < -0.3 is 9.67 Å². The molecule has 0 amide bonds. The van der Waals surface area contributed by atoms with E-state index >= 15 is 0 Å². The van der Waals surface area contributed by atoms with Crippen LogP contribution in [0.2, 0.25) is 0 Å². The maximum atomic E-state index is 12.7. The molecule has 0 saturated carbocycles. The van der Waals surface area contributed by atoms with Crippen molar-refractivity contribution < 1.29 is 9.90 Å². The molecule has 1 aromatic carbocycles. The minimum Gasteiger partial charge on any atom is -0.390 e. The molecule has 114 valence electrons. The molecule has 2 aromatic rings. The lowest BCUT2D eigenvalue weighted by atomic mass is 9.68. The normalized spacial score (nSPS) is 23.2. The van der Waals surface area contributed by atoms with Gasteiger partial charge in [0.25, 0.3) is 5.56 Å². The van der Waals surface area contributed by atoms with E-state index in [2.05, 4.69) is 15.9 Å². The number of aliphatic hydroxyl groups is 1. The second-order valence-corrected chi connectivity index (χ2v) is 7.03. The Labute approximate surface area is 136 Å². The number of pyridine rings is 1. The maximum Gasteiger partial charge on any atom is 0.251 e. The monoisotopic (exact) mass is 361 g/mol. The highest BCUT2D eigenvalue weighted by Gasteiger charge is 2.48. The highest BCUT2D eigenvalue weighted by atomic mass is 79.9. The summed E-state index contributed by atoms with van der Waals surface area (Å²) in [4.78, 5) is 24.9. The predicted octanol–water partition coefficient (Wildman–Crippen LogP) is 2.78. The molecule has 0 fully saturated rings. The molecule has 5 heteroatoms. The van der Waals surface area contributed by atoms with E-state index < -0.39 is 17.6 Å². The summed E-state index contributed by atoms with van der Waals surface area (Å²) in [6.07, 6.45) is 0.669. The van der Waals surface area contributed by atoms with Gasteiger partial charge in [-0.15, -0.1) is 0 Å². The van der Waals surface area contributed by atoms with Crippen LogP contribution >= 0.6 is 15.9 Å². The lowest BCUT2D eigenvalue weighted by Gasteiger charge is -2.41. The van der Waals surface area contributed by atoms with Crippen LogP contribution in [0.3, 0.4) is 0 Å². The number of rotatable bonds is 1. The summed E-state index contributed by atoms with van der Waals surface area (Å²) < 4.78 is 2.29. The van der Waals surface area contributed by atoms with Crippen molar-refractivity contribution in [3.8, 4) is 0 Å². The Hall–Kier alpha value is -1.72. The number of hydrogen-bond acceptors (Lipinski definition) is 3. The molecular formula is C17H16BrNO3. The van der Waals surface area contributed by atoms with Gasteiger partial charge in [0, 0.05) is 22.3 Å². The first kappa shape index (κ1) is 15.2. The largest absolute Gasteiger partial charge is 0.390 e. The number of nitrogens with zero attached hydrogens (tertiary/aromatic N) is 1. The summed E-state index contributed by atoms with van der Waals surface area (Å²) in [6, 6.07) is 9.64. The molecule has 0 spiro atoms. The number of fused-ring (bicyclic) bond motifs is 1. The first-order chi connectivity index (χ1) is 10.3. The molecule has 4 nitrogen and oxygen atoms in total. The molecule has 1 aliphatic carbocycles. The van der Waals surface area contributed by atoms with E-state index in [1.807, 2.05) is 6.07 Å². The van der Waals surface area contributed by atoms with Crippen molar-refractivity contribution in [2.75, 3.05) is 0 Å². The third-order valence-electron chi connectivity index (χ3n) is 4.35. The van der Waals surface area contributed by atoms with Crippen LogP contribution in [0.25, 0.3) is 0 Å². The van der Waals surface area contributed by atoms with E-state index in [1.54, 1.807) is 44.3 Å². The molecule has 1 heterocycles. The molecule has 3 rings (SSSR count). The molecule has 0 saturated heterocycles. The van der Waals surface area contributed by atoms with Crippen molar-refractivity contribution in [3.63, 3.8) is 0 Å². The Bertz CT molecular complexity index is 810. The first-order valence-corrected chi connectivity index (χ1v) is 7.83. The Morgan fingerprint density at radius 2 is 1.91 bits per heavy atom. The summed E-state index contributed by atoms with van der Waals surface area (Å²) in [5.74, 6) is -0.114. The lowest BCUT2D eigenvalue weighted by Crippen LogP contribution is -2.49. The average molecular weight is 362 g/mol. The molecule has 22 heavy (non-hydrogen) atoms. The maximum absolute atomic E-state index is 12.7. The van der Waals surface area contributed by atoms with E-state index in [9.17, 15) is 14.7 Å². The number of carbonyl (C=O) groups excluding carboxylic acids is 1. The summed E-state index contributed by atoms with van der Waals surface area (Å²) in [6.45, 7) is 3.43. The van der Waals surface area contributed by atoms with Gasteiger partial charge in [-0.3, -0.25) is 9.59 Å². The zero-order chi connectivity index (χ0) is 16.1. The molecule has 2 atom stereocenters. The average Bonchev–Trinajstić information content (AvgIpc) is 2.48. The zero-order valence-corrected chi connectivity index (χ0v) is 13.9. The number of benzene rings is 1. The number of aliphatic hydroxyl groups excluding tert-OH is 1. The molecular weight excluding hydrogens is 346 g/mol. The van der Waals surface area contributed by atoms with Crippen LogP contribution in [-0.4, -0.2) is 21.6 Å². The number of ketones is 1. The number of halogens is 1. The summed E-state index contributed by atoms with van der Waals surface area (Å²) in [7, 11) is 0. The van der Waals surface area contributed by atoms with E-state index in [0.717, 1.165) is 4.47 Å². The lowest BCUT2D eigenvalue weighted by molar-refractivity contribution is 0.0134. The van der Waals surface area contributed by atoms with Gasteiger partial charge in [0.15, 0.2) is 5.78 Å². The van der Waals surface area contributed by atoms with Crippen molar-refractivity contribution in [2.45, 2.75) is 26.0 Å². The quantitative estimate of drug-likeness (QED) is 0.849. The zero-order valence-electron chi connectivity index (χ0n) is 12.3. The number of hydrogen-bond donors (Lipinski definition) is 1. The van der Waals surface area contributed by atoms with Crippen molar-refractivity contribution in [1.82, 2.24) is 4.57 Å². The van der Waals surface area contributed by atoms with Crippen LogP contribution in [-0.2, 0) is 0 Å².